The Morgan fingerprint density at radius 1 is 1.00 bits per heavy atom. The lowest BCUT2D eigenvalue weighted by atomic mass is 9.97. The van der Waals surface area contributed by atoms with Gasteiger partial charge in [-0.05, 0) is 42.0 Å². The molecule has 0 radical (unpaired) electrons. The maximum Gasteiger partial charge on any atom is 0.342 e. The van der Waals surface area contributed by atoms with Crippen molar-refractivity contribution in [2.24, 2.45) is 10.9 Å². The molecule has 0 aliphatic rings. The number of esters is 1. The maximum absolute atomic E-state index is 13.6. The van der Waals surface area contributed by atoms with E-state index in [-0.39, 0.29) is 28.3 Å². The van der Waals surface area contributed by atoms with Crippen LogP contribution >= 0.6 is 0 Å². The van der Waals surface area contributed by atoms with Crippen LogP contribution in [0.2, 0.25) is 0 Å². The number of rotatable bonds is 5. The molecule has 3 rings (SSSR count). The number of nitrogen functional groups attached to an aromatic ring is 1. The van der Waals surface area contributed by atoms with Crippen molar-refractivity contribution >= 4 is 27.6 Å². The summed E-state index contributed by atoms with van der Waals surface area (Å²) in [7, 11) is -3.88. The molecule has 0 heterocycles. The molecule has 0 saturated heterocycles. The largest absolute Gasteiger partial charge is 0.449 e. The van der Waals surface area contributed by atoms with Crippen LogP contribution < -0.4 is 16.6 Å². The molecule has 0 aliphatic carbocycles. The van der Waals surface area contributed by atoms with Crippen LogP contribution in [0.4, 0.5) is 10.1 Å². The molecule has 1 amide bonds. The number of carbonyl (C=O) groups is 2. The van der Waals surface area contributed by atoms with E-state index in [9.17, 15) is 22.4 Å². The van der Waals surface area contributed by atoms with Crippen molar-refractivity contribution in [2.75, 3.05) is 12.3 Å². The Balaban J connectivity index is 1.88. The second kappa shape index (κ2) is 9.52. The Morgan fingerprint density at radius 3 is 2.27 bits per heavy atom. The highest BCUT2D eigenvalue weighted by Crippen LogP contribution is 2.30. The van der Waals surface area contributed by atoms with Crippen molar-refractivity contribution in [1.29, 1.82) is 0 Å². The van der Waals surface area contributed by atoms with Gasteiger partial charge >= 0.3 is 5.97 Å². The average molecular weight is 467 g/mol. The van der Waals surface area contributed by atoms with Gasteiger partial charge in [-0.15, -0.1) is 0 Å². The van der Waals surface area contributed by atoms with Crippen molar-refractivity contribution in [2.45, 2.75) is 4.90 Å². The zero-order valence-corrected chi connectivity index (χ0v) is 17.9. The summed E-state index contributed by atoms with van der Waals surface area (Å²) in [5.41, 5.74) is 12.6. The van der Waals surface area contributed by atoms with Gasteiger partial charge in [-0.25, -0.2) is 22.7 Å². The lowest BCUT2D eigenvalue weighted by molar-refractivity contribution is 0.0551. The van der Waals surface area contributed by atoms with Gasteiger partial charge < -0.3 is 16.2 Å². The molecule has 33 heavy (non-hydrogen) atoms. The molecule has 0 saturated carbocycles. The molecule has 0 bridgehead atoms. The number of halogens is 1. The van der Waals surface area contributed by atoms with Crippen LogP contribution in [0.1, 0.15) is 26.3 Å². The van der Waals surface area contributed by atoms with Crippen molar-refractivity contribution in [3.8, 4) is 23.0 Å². The van der Waals surface area contributed by atoms with E-state index >= 15 is 0 Å². The predicted octanol–water partition coefficient (Wildman–Crippen LogP) is 2.03. The molecule has 8 nitrogen and oxygen atoms in total. The minimum absolute atomic E-state index is 0.00988. The number of benzene rings is 3. The zero-order chi connectivity index (χ0) is 24.2. The van der Waals surface area contributed by atoms with Gasteiger partial charge in [-0.3, -0.25) is 4.79 Å². The highest BCUT2D eigenvalue weighted by Gasteiger charge is 2.15. The lowest BCUT2D eigenvalue weighted by Crippen LogP contribution is -2.14. The van der Waals surface area contributed by atoms with Crippen LogP contribution in [-0.4, -0.2) is 26.9 Å². The number of sulfonamides is 1. The Bertz CT molecular complexity index is 1410. The summed E-state index contributed by atoms with van der Waals surface area (Å²) >= 11 is 0. The minimum Gasteiger partial charge on any atom is -0.449 e. The van der Waals surface area contributed by atoms with Crippen LogP contribution in [-0.2, 0) is 14.8 Å². The van der Waals surface area contributed by atoms with Crippen molar-refractivity contribution in [1.82, 2.24) is 0 Å². The van der Waals surface area contributed by atoms with Gasteiger partial charge in [0, 0.05) is 11.1 Å². The first kappa shape index (κ1) is 23.5. The summed E-state index contributed by atoms with van der Waals surface area (Å²) in [4.78, 5) is 23.7. The fourth-order valence-electron chi connectivity index (χ4n) is 2.94. The molecule has 10 heteroatoms. The van der Waals surface area contributed by atoms with Crippen LogP contribution in [0, 0.1) is 17.7 Å². The number of anilines is 1. The minimum atomic E-state index is -3.88. The summed E-state index contributed by atoms with van der Waals surface area (Å²) in [6.45, 7) is -0.332. The van der Waals surface area contributed by atoms with Gasteiger partial charge in [0.1, 0.15) is 5.82 Å². The van der Waals surface area contributed by atoms with Crippen LogP contribution in [0.25, 0.3) is 11.1 Å². The molecule has 168 valence electrons. The molecular weight excluding hydrogens is 449 g/mol. The van der Waals surface area contributed by atoms with E-state index in [2.05, 4.69) is 11.8 Å². The molecule has 0 unspecified atom stereocenters. The molecule has 3 aromatic rings. The number of primary amides is 1. The third kappa shape index (κ3) is 5.54. The highest BCUT2D eigenvalue weighted by atomic mass is 32.2. The summed E-state index contributed by atoms with van der Waals surface area (Å²) in [6, 6.07) is 13.9. The topological polar surface area (TPSA) is 156 Å². The number of primary sulfonamides is 1. The normalized spacial score (nSPS) is 10.7. The molecule has 3 aromatic carbocycles. The SMILES string of the molecule is NC(=O)c1cc(C#CCOC(=O)c2ccccc2F)cc(-c2ccc(S(N)(=O)=O)cc2)c1N. The van der Waals surface area contributed by atoms with Gasteiger partial charge in [0.15, 0.2) is 6.61 Å². The molecule has 6 N–H and O–H groups in total. The first-order valence-electron chi connectivity index (χ1n) is 9.35. The van der Waals surface area contributed by atoms with E-state index in [1.54, 1.807) is 6.07 Å². The lowest BCUT2D eigenvalue weighted by Gasteiger charge is -2.11. The van der Waals surface area contributed by atoms with Crippen molar-refractivity contribution in [3.63, 3.8) is 0 Å². The van der Waals surface area contributed by atoms with Crippen LogP contribution in [0.15, 0.2) is 65.6 Å². The summed E-state index contributed by atoms with van der Waals surface area (Å²) < 4.78 is 41.5. The second-order valence-corrected chi connectivity index (χ2v) is 8.34. The molecule has 0 aliphatic heterocycles. The summed E-state index contributed by atoms with van der Waals surface area (Å²) in [5, 5.41) is 5.11. The van der Waals surface area contributed by atoms with Gasteiger partial charge in [-0.2, -0.15) is 0 Å². The van der Waals surface area contributed by atoms with E-state index in [1.807, 2.05) is 0 Å². The molecule has 0 fully saturated rings. The Hall–Kier alpha value is -4.20. The first-order chi connectivity index (χ1) is 15.6. The molecule has 0 spiro atoms. The molecular formula is C23H18FN3O5S. The van der Waals surface area contributed by atoms with Gasteiger partial charge in [-0.1, -0.05) is 36.1 Å². The number of hydrogen-bond donors (Lipinski definition) is 3. The number of nitrogens with two attached hydrogens (primary N) is 3. The maximum atomic E-state index is 13.6. The first-order valence-corrected chi connectivity index (χ1v) is 10.9. The number of hydrogen-bond acceptors (Lipinski definition) is 6. The summed E-state index contributed by atoms with van der Waals surface area (Å²) in [6.07, 6.45) is 0. The van der Waals surface area contributed by atoms with Gasteiger partial charge in [0.25, 0.3) is 5.91 Å². The smallest absolute Gasteiger partial charge is 0.342 e. The van der Waals surface area contributed by atoms with E-state index in [0.717, 1.165) is 6.07 Å². The number of amides is 1. The average Bonchev–Trinajstić information content (AvgIpc) is 2.77. The molecule has 0 aromatic heterocycles. The van der Waals surface area contributed by atoms with Crippen LogP contribution in [0.3, 0.4) is 0 Å². The Labute approximate surface area is 189 Å². The van der Waals surface area contributed by atoms with Gasteiger partial charge in [0.2, 0.25) is 10.0 Å². The second-order valence-electron chi connectivity index (χ2n) is 6.78. The Kier molecular flexibility index (Phi) is 6.77. The third-order valence-corrected chi connectivity index (χ3v) is 5.47. The van der Waals surface area contributed by atoms with Crippen LogP contribution in [0.5, 0.6) is 0 Å². The molecule has 0 atom stereocenters. The zero-order valence-electron chi connectivity index (χ0n) is 17.0. The highest BCUT2D eigenvalue weighted by molar-refractivity contribution is 7.89. The quantitative estimate of drug-likeness (QED) is 0.296. The Morgan fingerprint density at radius 2 is 1.67 bits per heavy atom. The predicted molar refractivity (Wildman–Crippen MR) is 120 cm³/mol. The number of ether oxygens (including phenoxy) is 1. The van der Waals surface area contributed by atoms with Crippen molar-refractivity contribution < 1.29 is 27.1 Å². The van der Waals surface area contributed by atoms with E-state index < -0.39 is 27.7 Å². The van der Waals surface area contributed by atoms with E-state index in [0.29, 0.717) is 16.7 Å². The number of carbonyl (C=O) groups excluding carboxylic acids is 2. The van der Waals surface area contributed by atoms with E-state index in [4.69, 9.17) is 21.3 Å². The van der Waals surface area contributed by atoms with E-state index in [1.165, 1.54) is 48.5 Å². The third-order valence-electron chi connectivity index (χ3n) is 4.54. The fourth-order valence-corrected chi connectivity index (χ4v) is 3.45. The standard InChI is InChI=1S/C23H18FN3O5S/c24-20-6-2-1-5-17(20)23(29)32-11-3-4-14-12-18(21(25)19(13-14)22(26)28)15-7-9-16(10-8-15)33(27,30)31/h1-2,5-10,12-13H,11,25H2,(H2,26,28)(H2,27,30,31). The monoisotopic (exact) mass is 467 g/mol. The van der Waals surface area contributed by atoms with Gasteiger partial charge in [0.05, 0.1) is 21.7 Å². The summed E-state index contributed by atoms with van der Waals surface area (Å²) in [5.74, 6) is 2.98. The fraction of sp³-hybridized carbons (Fsp3) is 0.0435. The van der Waals surface area contributed by atoms with Crippen molar-refractivity contribution in [3.05, 3.63) is 83.2 Å².